The monoisotopic (exact) mass is 398 g/mol. The van der Waals surface area contributed by atoms with Crippen LogP contribution in [0.4, 0.5) is 0 Å². The number of amides is 1. The van der Waals surface area contributed by atoms with Gasteiger partial charge in [-0.1, -0.05) is 58.0 Å². The van der Waals surface area contributed by atoms with E-state index in [4.69, 9.17) is 5.73 Å². The minimum Gasteiger partial charge on any atom is -0.353 e. The third-order valence-electron chi connectivity index (χ3n) is 7.66. The summed E-state index contributed by atoms with van der Waals surface area (Å²) in [5, 5.41) is 3.42. The van der Waals surface area contributed by atoms with E-state index >= 15 is 0 Å². The van der Waals surface area contributed by atoms with E-state index in [1.807, 2.05) is 13.8 Å². The standard InChI is InChI=1S/C24H36N2O.C2H6/c1-17-12-18-14-23(2,22(27)26-21-10-8-20(25)9-11-21)16-24(13-17,15-18)19-6-4-3-5-7-19;1-2/h3-7,17-18,20-21H,8-16,25H2,1-2H3,(H,26,27);1-2H3. The van der Waals surface area contributed by atoms with Crippen molar-refractivity contribution < 1.29 is 4.79 Å². The first kappa shape index (κ1) is 22.3. The molecule has 4 atom stereocenters. The molecule has 0 saturated heterocycles. The summed E-state index contributed by atoms with van der Waals surface area (Å²) in [6.07, 6.45) is 9.92. The van der Waals surface area contributed by atoms with Crippen LogP contribution in [0.2, 0.25) is 0 Å². The smallest absolute Gasteiger partial charge is 0.226 e. The van der Waals surface area contributed by atoms with E-state index in [-0.39, 0.29) is 10.8 Å². The molecule has 3 nitrogen and oxygen atoms in total. The molecule has 0 heterocycles. The van der Waals surface area contributed by atoms with E-state index in [2.05, 4.69) is 49.5 Å². The molecule has 1 amide bonds. The third kappa shape index (κ3) is 4.87. The molecule has 29 heavy (non-hydrogen) atoms. The zero-order valence-corrected chi connectivity index (χ0v) is 19.0. The lowest BCUT2D eigenvalue weighted by Crippen LogP contribution is -2.54. The second kappa shape index (κ2) is 9.20. The molecule has 4 rings (SSSR count). The predicted molar refractivity (Wildman–Crippen MR) is 122 cm³/mol. The van der Waals surface area contributed by atoms with Gasteiger partial charge in [-0.15, -0.1) is 0 Å². The Bertz CT molecular complexity index is 663. The van der Waals surface area contributed by atoms with Crippen LogP contribution in [0.5, 0.6) is 0 Å². The van der Waals surface area contributed by atoms with Crippen molar-refractivity contribution in [3.8, 4) is 0 Å². The van der Waals surface area contributed by atoms with Gasteiger partial charge in [-0.2, -0.15) is 0 Å². The van der Waals surface area contributed by atoms with E-state index in [9.17, 15) is 4.79 Å². The summed E-state index contributed by atoms with van der Waals surface area (Å²) in [5.41, 5.74) is 7.41. The molecule has 3 aliphatic rings. The number of hydrogen-bond acceptors (Lipinski definition) is 2. The van der Waals surface area contributed by atoms with Crippen molar-refractivity contribution in [2.75, 3.05) is 0 Å². The Hall–Kier alpha value is -1.35. The van der Waals surface area contributed by atoms with Crippen LogP contribution in [0.3, 0.4) is 0 Å². The summed E-state index contributed by atoms with van der Waals surface area (Å²) >= 11 is 0. The van der Waals surface area contributed by atoms with Gasteiger partial charge in [0, 0.05) is 17.5 Å². The van der Waals surface area contributed by atoms with Crippen LogP contribution in [0.15, 0.2) is 30.3 Å². The van der Waals surface area contributed by atoms with Gasteiger partial charge in [0.25, 0.3) is 0 Å². The second-order valence-electron chi connectivity index (χ2n) is 10.3. The second-order valence-corrected chi connectivity index (χ2v) is 10.3. The molecular weight excluding hydrogens is 356 g/mol. The fraction of sp³-hybridized carbons (Fsp3) is 0.731. The Morgan fingerprint density at radius 1 is 1.03 bits per heavy atom. The molecule has 0 radical (unpaired) electrons. The number of fused-ring (bicyclic) bond motifs is 2. The SMILES string of the molecule is CC.CC1CC2CC(C)(C(=O)NC3CCC(N)CC3)CC(c3ccccc3)(C1)C2. The van der Waals surface area contributed by atoms with Crippen molar-refractivity contribution in [1.29, 1.82) is 0 Å². The first-order valence-electron chi connectivity index (χ1n) is 12.0. The summed E-state index contributed by atoms with van der Waals surface area (Å²) in [7, 11) is 0. The van der Waals surface area contributed by atoms with Crippen LogP contribution >= 0.6 is 0 Å². The van der Waals surface area contributed by atoms with Crippen LogP contribution in [-0.4, -0.2) is 18.0 Å². The molecule has 4 unspecified atom stereocenters. The highest BCUT2D eigenvalue weighted by atomic mass is 16.2. The van der Waals surface area contributed by atoms with Crippen LogP contribution in [0.25, 0.3) is 0 Å². The number of hydrogen-bond donors (Lipinski definition) is 2. The third-order valence-corrected chi connectivity index (χ3v) is 7.66. The quantitative estimate of drug-likeness (QED) is 0.699. The minimum atomic E-state index is -0.252. The molecular formula is C26H42N2O. The van der Waals surface area contributed by atoms with Gasteiger partial charge in [0.2, 0.25) is 5.91 Å². The van der Waals surface area contributed by atoms with E-state index in [0.29, 0.717) is 23.9 Å². The van der Waals surface area contributed by atoms with Crippen LogP contribution in [-0.2, 0) is 10.2 Å². The number of carbonyl (C=O) groups is 1. The zero-order valence-electron chi connectivity index (χ0n) is 19.0. The lowest BCUT2D eigenvalue weighted by molar-refractivity contribution is -0.137. The first-order valence-corrected chi connectivity index (χ1v) is 12.0. The topological polar surface area (TPSA) is 55.1 Å². The van der Waals surface area contributed by atoms with E-state index < -0.39 is 0 Å². The van der Waals surface area contributed by atoms with Gasteiger partial charge in [-0.05, 0) is 80.6 Å². The summed E-state index contributed by atoms with van der Waals surface area (Å²) in [6.45, 7) is 8.63. The summed E-state index contributed by atoms with van der Waals surface area (Å²) < 4.78 is 0. The highest BCUT2D eigenvalue weighted by Crippen LogP contribution is 2.58. The van der Waals surface area contributed by atoms with Crippen LogP contribution in [0, 0.1) is 17.3 Å². The van der Waals surface area contributed by atoms with Crippen molar-refractivity contribution in [1.82, 2.24) is 5.32 Å². The van der Waals surface area contributed by atoms with Gasteiger partial charge in [0.1, 0.15) is 0 Å². The zero-order chi connectivity index (χ0) is 21.1. The molecule has 1 aromatic carbocycles. The minimum absolute atomic E-state index is 0.169. The van der Waals surface area contributed by atoms with Gasteiger partial charge < -0.3 is 11.1 Å². The lowest BCUT2D eigenvalue weighted by atomic mass is 9.50. The summed E-state index contributed by atoms with van der Waals surface area (Å²) in [5.74, 6) is 1.71. The molecule has 0 spiro atoms. The average Bonchev–Trinajstić information content (AvgIpc) is 2.71. The molecule has 3 fully saturated rings. The van der Waals surface area contributed by atoms with E-state index in [1.54, 1.807) is 0 Å². The molecule has 2 bridgehead atoms. The van der Waals surface area contributed by atoms with Crippen molar-refractivity contribution in [3.63, 3.8) is 0 Å². The molecule has 3 heteroatoms. The summed E-state index contributed by atoms with van der Waals surface area (Å²) in [6, 6.07) is 11.7. The van der Waals surface area contributed by atoms with Gasteiger partial charge in [0.05, 0.1) is 0 Å². The van der Waals surface area contributed by atoms with Crippen molar-refractivity contribution in [3.05, 3.63) is 35.9 Å². The maximum absolute atomic E-state index is 13.4. The Labute approximate surface area is 178 Å². The number of benzene rings is 1. The normalized spacial score (nSPS) is 39.1. The lowest BCUT2D eigenvalue weighted by Gasteiger charge is -2.54. The maximum Gasteiger partial charge on any atom is 0.226 e. The first-order chi connectivity index (χ1) is 13.9. The molecule has 0 aliphatic heterocycles. The Balaban J connectivity index is 0.00000117. The molecule has 3 saturated carbocycles. The molecule has 162 valence electrons. The van der Waals surface area contributed by atoms with E-state index in [0.717, 1.165) is 44.4 Å². The molecule has 1 aromatic rings. The largest absolute Gasteiger partial charge is 0.353 e. The average molecular weight is 399 g/mol. The highest BCUT2D eigenvalue weighted by Gasteiger charge is 2.53. The van der Waals surface area contributed by atoms with Crippen LogP contribution < -0.4 is 11.1 Å². The van der Waals surface area contributed by atoms with Crippen molar-refractivity contribution in [2.24, 2.45) is 23.0 Å². The Morgan fingerprint density at radius 2 is 1.69 bits per heavy atom. The maximum atomic E-state index is 13.4. The fourth-order valence-corrected chi connectivity index (χ4v) is 6.72. The number of carbonyl (C=O) groups excluding carboxylic acids is 1. The molecule has 0 aromatic heterocycles. The van der Waals surface area contributed by atoms with E-state index in [1.165, 1.54) is 24.8 Å². The number of nitrogens with two attached hydrogens (primary N) is 1. The fourth-order valence-electron chi connectivity index (χ4n) is 6.72. The number of nitrogens with one attached hydrogen (secondary N) is 1. The van der Waals surface area contributed by atoms with Gasteiger partial charge in [-0.25, -0.2) is 0 Å². The Kier molecular flexibility index (Phi) is 7.09. The predicted octanol–water partition coefficient (Wildman–Crippen LogP) is 5.57. The highest BCUT2D eigenvalue weighted by molar-refractivity contribution is 5.83. The number of rotatable bonds is 3. The van der Waals surface area contributed by atoms with Crippen molar-refractivity contribution >= 4 is 5.91 Å². The van der Waals surface area contributed by atoms with Gasteiger partial charge in [-0.3, -0.25) is 4.79 Å². The van der Waals surface area contributed by atoms with Crippen LogP contribution in [0.1, 0.15) is 91.0 Å². The van der Waals surface area contributed by atoms with Crippen molar-refractivity contribution in [2.45, 2.75) is 103 Å². The summed E-state index contributed by atoms with van der Waals surface area (Å²) in [4.78, 5) is 13.4. The van der Waals surface area contributed by atoms with Gasteiger partial charge in [0.15, 0.2) is 0 Å². The molecule has 3 aliphatic carbocycles. The molecule has 3 N–H and O–H groups in total. The Morgan fingerprint density at radius 3 is 2.34 bits per heavy atom. The van der Waals surface area contributed by atoms with Gasteiger partial charge >= 0.3 is 0 Å².